The summed E-state index contributed by atoms with van der Waals surface area (Å²) in [5.74, 6) is 0. The highest BCUT2D eigenvalue weighted by atomic mass is 16.5. The highest BCUT2D eigenvalue weighted by molar-refractivity contribution is 4.89. The highest BCUT2D eigenvalue weighted by Crippen LogP contribution is 2.49. The van der Waals surface area contributed by atoms with Crippen LogP contribution in [0.25, 0.3) is 0 Å². The van der Waals surface area contributed by atoms with Gasteiger partial charge in [-0.25, -0.2) is 0 Å². The molecule has 1 nitrogen and oxygen atoms in total. The number of ether oxygens (including phenoxy) is 1. The minimum Gasteiger partial charge on any atom is -0.379 e. The van der Waals surface area contributed by atoms with Gasteiger partial charge in [-0.3, -0.25) is 0 Å². The van der Waals surface area contributed by atoms with Crippen LogP contribution in [0.2, 0.25) is 0 Å². The van der Waals surface area contributed by atoms with Gasteiger partial charge in [0.15, 0.2) is 0 Å². The van der Waals surface area contributed by atoms with Crippen molar-refractivity contribution in [3.63, 3.8) is 0 Å². The van der Waals surface area contributed by atoms with E-state index in [0.717, 1.165) is 12.0 Å². The van der Waals surface area contributed by atoms with Gasteiger partial charge in [0, 0.05) is 6.61 Å². The SMILES string of the molecule is CCOC1CCC2(CCCC2)CC1. The minimum atomic E-state index is 0.594. The second-order valence-electron chi connectivity index (χ2n) is 4.86. The van der Waals surface area contributed by atoms with E-state index in [1.807, 2.05) is 0 Å². The lowest BCUT2D eigenvalue weighted by molar-refractivity contribution is 0.00397. The van der Waals surface area contributed by atoms with Crippen LogP contribution in [0.1, 0.15) is 58.3 Å². The molecule has 0 aromatic heterocycles. The maximum atomic E-state index is 5.69. The molecule has 2 rings (SSSR count). The molecule has 1 spiro atoms. The van der Waals surface area contributed by atoms with E-state index in [0.29, 0.717) is 6.10 Å². The van der Waals surface area contributed by atoms with Crippen molar-refractivity contribution in [1.82, 2.24) is 0 Å². The van der Waals surface area contributed by atoms with E-state index in [4.69, 9.17) is 4.74 Å². The average molecular weight is 182 g/mol. The first-order chi connectivity index (χ1) is 6.35. The molecule has 2 fully saturated rings. The Bertz CT molecular complexity index is 149. The maximum absolute atomic E-state index is 5.69. The van der Waals surface area contributed by atoms with Crippen LogP contribution < -0.4 is 0 Å². The number of hydrogen-bond donors (Lipinski definition) is 0. The Morgan fingerprint density at radius 3 is 2.23 bits per heavy atom. The van der Waals surface area contributed by atoms with E-state index in [2.05, 4.69) is 6.92 Å². The van der Waals surface area contributed by atoms with Gasteiger partial charge in [0.25, 0.3) is 0 Å². The predicted octanol–water partition coefficient (Wildman–Crippen LogP) is 3.53. The van der Waals surface area contributed by atoms with Crippen molar-refractivity contribution < 1.29 is 4.74 Å². The lowest BCUT2D eigenvalue weighted by atomic mass is 9.72. The third-order valence-corrected chi connectivity index (χ3v) is 4.06. The Kier molecular flexibility index (Phi) is 2.92. The predicted molar refractivity (Wildman–Crippen MR) is 54.8 cm³/mol. The van der Waals surface area contributed by atoms with Crippen LogP contribution in [0.3, 0.4) is 0 Å². The molecule has 0 aliphatic heterocycles. The molecule has 0 radical (unpaired) electrons. The standard InChI is InChI=1S/C12H22O/c1-2-13-11-5-9-12(10-6-11)7-3-4-8-12/h11H,2-10H2,1H3. The zero-order valence-corrected chi connectivity index (χ0v) is 8.85. The fourth-order valence-electron chi connectivity index (χ4n) is 3.23. The van der Waals surface area contributed by atoms with Crippen LogP contribution in [0.15, 0.2) is 0 Å². The summed E-state index contributed by atoms with van der Waals surface area (Å²) in [6.45, 7) is 3.01. The summed E-state index contributed by atoms with van der Waals surface area (Å²) in [6.07, 6.45) is 12.1. The van der Waals surface area contributed by atoms with E-state index in [1.54, 1.807) is 0 Å². The monoisotopic (exact) mass is 182 g/mol. The maximum Gasteiger partial charge on any atom is 0.0575 e. The van der Waals surface area contributed by atoms with Crippen LogP contribution in [-0.2, 0) is 4.74 Å². The lowest BCUT2D eigenvalue weighted by Gasteiger charge is -2.37. The fraction of sp³-hybridized carbons (Fsp3) is 1.00. The van der Waals surface area contributed by atoms with E-state index in [-0.39, 0.29) is 0 Å². The molecule has 0 bridgehead atoms. The van der Waals surface area contributed by atoms with E-state index >= 15 is 0 Å². The van der Waals surface area contributed by atoms with Gasteiger partial charge in [-0.05, 0) is 50.9 Å². The van der Waals surface area contributed by atoms with E-state index < -0.39 is 0 Å². The van der Waals surface area contributed by atoms with Crippen molar-refractivity contribution in [2.24, 2.45) is 5.41 Å². The first kappa shape index (κ1) is 9.51. The largest absolute Gasteiger partial charge is 0.379 e. The van der Waals surface area contributed by atoms with Crippen LogP contribution in [0.4, 0.5) is 0 Å². The van der Waals surface area contributed by atoms with Gasteiger partial charge in [0.1, 0.15) is 0 Å². The Labute approximate surface area is 81.9 Å². The normalized spacial score (nSPS) is 28.4. The molecule has 76 valence electrons. The molecule has 2 aliphatic carbocycles. The third kappa shape index (κ3) is 2.07. The summed E-state index contributed by atoms with van der Waals surface area (Å²) in [6, 6.07) is 0. The second-order valence-corrected chi connectivity index (χ2v) is 4.86. The molecule has 0 amide bonds. The third-order valence-electron chi connectivity index (χ3n) is 4.06. The highest BCUT2D eigenvalue weighted by Gasteiger charge is 2.37. The summed E-state index contributed by atoms with van der Waals surface area (Å²) in [5, 5.41) is 0. The molecule has 0 aromatic rings. The van der Waals surface area contributed by atoms with E-state index in [1.165, 1.54) is 51.4 Å². The summed E-state index contributed by atoms with van der Waals surface area (Å²) in [7, 11) is 0. The van der Waals surface area contributed by atoms with Crippen molar-refractivity contribution >= 4 is 0 Å². The van der Waals surface area contributed by atoms with Crippen molar-refractivity contribution in [1.29, 1.82) is 0 Å². The topological polar surface area (TPSA) is 9.23 Å². The summed E-state index contributed by atoms with van der Waals surface area (Å²) in [4.78, 5) is 0. The van der Waals surface area contributed by atoms with E-state index in [9.17, 15) is 0 Å². The Morgan fingerprint density at radius 2 is 1.69 bits per heavy atom. The fourth-order valence-corrected chi connectivity index (χ4v) is 3.23. The molecule has 13 heavy (non-hydrogen) atoms. The Balaban J connectivity index is 1.81. The van der Waals surface area contributed by atoms with Crippen LogP contribution in [-0.4, -0.2) is 12.7 Å². The Hall–Kier alpha value is -0.0400. The Morgan fingerprint density at radius 1 is 1.08 bits per heavy atom. The van der Waals surface area contributed by atoms with Crippen LogP contribution >= 0.6 is 0 Å². The first-order valence-electron chi connectivity index (χ1n) is 5.96. The second kappa shape index (κ2) is 4.00. The lowest BCUT2D eigenvalue weighted by Crippen LogP contribution is -2.28. The van der Waals surface area contributed by atoms with Crippen LogP contribution in [0.5, 0.6) is 0 Å². The van der Waals surface area contributed by atoms with Gasteiger partial charge in [-0.2, -0.15) is 0 Å². The minimum absolute atomic E-state index is 0.594. The van der Waals surface area contributed by atoms with Crippen molar-refractivity contribution in [2.45, 2.75) is 64.4 Å². The summed E-state index contributed by atoms with van der Waals surface area (Å²) >= 11 is 0. The van der Waals surface area contributed by atoms with Crippen molar-refractivity contribution in [3.8, 4) is 0 Å². The quantitative estimate of drug-likeness (QED) is 0.635. The zero-order chi connectivity index (χ0) is 9.15. The summed E-state index contributed by atoms with van der Waals surface area (Å²) in [5.41, 5.74) is 0.771. The molecule has 0 aromatic carbocycles. The molecular weight excluding hydrogens is 160 g/mol. The molecule has 1 heteroatoms. The van der Waals surface area contributed by atoms with Gasteiger partial charge in [-0.1, -0.05) is 12.8 Å². The van der Waals surface area contributed by atoms with Crippen molar-refractivity contribution in [3.05, 3.63) is 0 Å². The van der Waals surface area contributed by atoms with Crippen LogP contribution in [0, 0.1) is 5.41 Å². The molecule has 0 N–H and O–H groups in total. The number of hydrogen-bond acceptors (Lipinski definition) is 1. The van der Waals surface area contributed by atoms with Gasteiger partial charge in [0.05, 0.1) is 6.10 Å². The molecule has 2 aliphatic rings. The number of rotatable bonds is 2. The zero-order valence-electron chi connectivity index (χ0n) is 8.85. The summed E-state index contributed by atoms with van der Waals surface area (Å²) < 4.78 is 5.69. The van der Waals surface area contributed by atoms with Gasteiger partial charge in [-0.15, -0.1) is 0 Å². The van der Waals surface area contributed by atoms with Gasteiger partial charge < -0.3 is 4.74 Å². The molecule has 0 atom stereocenters. The molecular formula is C12H22O. The van der Waals surface area contributed by atoms with Gasteiger partial charge in [0.2, 0.25) is 0 Å². The average Bonchev–Trinajstić information content (AvgIpc) is 2.59. The van der Waals surface area contributed by atoms with Gasteiger partial charge >= 0.3 is 0 Å². The smallest absolute Gasteiger partial charge is 0.0575 e. The molecule has 2 saturated carbocycles. The first-order valence-corrected chi connectivity index (χ1v) is 5.96. The molecule has 0 unspecified atom stereocenters. The van der Waals surface area contributed by atoms with Crippen molar-refractivity contribution in [2.75, 3.05) is 6.61 Å². The molecule has 0 saturated heterocycles. The molecule has 0 heterocycles.